The molecule has 0 fully saturated rings. The Morgan fingerprint density at radius 1 is 1.41 bits per heavy atom. The number of esters is 1. The first-order valence-corrected chi connectivity index (χ1v) is 7.58. The maximum absolute atomic E-state index is 12.2. The third kappa shape index (κ3) is 7.96. The van der Waals surface area contributed by atoms with Crippen LogP contribution in [-0.2, 0) is 19.1 Å². The summed E-state index contributed by atoms with van der Waals surface area (Å²) in [4.78, 5) is 45.5. The first kappa shape index (κ1) is 18.4. The second-order valence-electron chi connectivity index (χ2n) is 5.06. The van der Waals surface area contributed by atoms with Crippen LogP contribution in [-0.4, -0.2) is 41.7 Å². The van der Waals surface area contributed by atoms with E-state index in [2.05, 4.69) is 15.2 Å². The van der Waals surface area contributed by atoms with Crippen LogP contribution in [0.25, 0.3) is 0 Å². The lowest BCUT2D eigenvalue weighted by Gasteiger charge is -2.30. The zero-order valence-corrected chi connectivity index (χ0v) is 13.8. The van der Waals surface area contributed by atoms with Crippen molar-refractivity contribution < 1.29 is 20.5 Å². The molecule has 0 unspecified atom stereocenters. The second kappa shape index (κ2) is 10.1. The average molecular weight is 334 g/mol. The van der Waals surface area contributed by atoms with E-state index in [-0.39, 0.29) is 13.2 Å². The zero-order chi connectivity index (χ0) is 17.9. The number of unbranched alkanes of at least 4 members (excludes halogenated alkanes) is 1. The molecule has 0 aliphatic rings. The van der Waals surface area contributed by atoms with E-state index < -0.39 is 35.5 Å². The summed E-state index contributed by atoms with van der Waals surface area (Å²) >= 11 is 0.590. The van der Waals surface area contributed by atoms with Crippen LogP contribution in [0.1, 0.15) is 41.9 Å². The standard InChI is InChI=1S/C13H23N3O5S/c1-5-6-7-21-10(18)8-14-12(19)11(15-9(2)17)13(3,4)22-16-20/h11H,5-8H2,1-4H3,(H,14,19)(H,15,17)/t11-/m1/s1/i2D. The van der Waals surface area contributed by atoms with Gasteiger partial charge >= 0.3 is 5.97 Å². The van der Waals surface area contributed by atoms with Gasteiger partial charge in [0.2, 0.25) is 11.8 Å². The van der Waals surface area contributed by atoms with E-state index in [0.717, 1.165) is 12.8 Å². The van der Waals surface area contributed by atoms with Crippen LogP contribution in [0, 0.1) is 4.91 Å². The summed E-state index contributed by atoms with van der Waals surface area (Å²) in [5, 5.41) is 4.71. The quantitative estimate of drug-likeness (QED) is 0.268. The van der Waals surface area contributed by atoms with Crippen LogP contribution >= 0.6 is 11.9 Å². The number of nitrogens with one attached hydrogen (secondary N) is 2. The maximum atomic E-state index is 12.2. The first-order chi connectivity index (χ1) is 10.8. The Bertz CT molecular complexity index is 434. The molecule has 1 atom stereocenters. The van der Waals surface area contributed by atoms with Crippen molar-refractivity contribution in [3.05, 3.63) is 4.91 Å². The van der Waals surface area contributed by atoms with E-state index in [4.69, 9.17) is 6.11 Å². The van der Waals surface area contributed by atoms with Crippen molar-refractivity contribution in [1.82, 2.24) is 10.6 Å². The van der Waals surface area contributed by atoms with Crippen LogP contribution in [0.15, 0.2) is 4.58 Å². The second-order valence-corrected chi connectivity index (χ2v) is 6.45. The van der Waals surface area contributed by atoms with Gasteiger partial charge in [-0.2, -0.15) is 0 Å². The summed E-state index contributed by atoms with van der Waals surface area (Å²) in [5.74, 6) is -1.91. The number of hydrogen-bond donors (Lipinski definition) is 2. The fourth-order valence-corrected chi connectivity index (χ4v) is 1.97. The van der Waals surface area contributed by atoms with Gasteiger partial charge in [-0.15, -0.1) is 4.91 Å². The Kier molecular flexibility index (Phi) is 8.49. The van der Waals surface area contributed by atoms with Gasteiger partial charge in [-0.25, -0.2) is 0 Å². The SMILES string of the molecule is [2H]CC(=O)N[C@H](C(=O)NCC(=O)OCCCC)C(C)(C)SN=O. The highest BCUT2D eigenvalue weighted by Gasteiger charge is 2.37. The molecule has 0 saturated heterocycles. The fourth-order valence-electron chi connectivity index (χ4n) is 1.51. The number of rotatable bonds is 10. The molecule has 2 N–H and O–H groups in total. The molecule has 22 heavy (non-hydrogen) atoms. The minimum atomic E-state index is -1.12. The molecule has 2 amide bonds. The zero-order valence-electron chi connectivity index (χ0n) is 14.0. The van der Waals surface area contributed by atoms with Crippen molar-refractivity contribution in [3.63, 3.8) is 0 Å². The molecule has 0 aliphatic heterocycles. The maximum Gasteiger partial charge on any atom is 0.325 e. The predicted octanol–water partition coefficient (Wildman–Crippen LogP) is 1.14. The summed E-state index contributed by atoms with van der Waals surface area (Å²) in [6.45, 7) is 4.43. The predicted molar refractivity (Wildman–Crippen MR) is 83.9 cm³/mol. The van der Waals surface area contributed by atoms with E-state index >= 15 is 0 Å². The molecule has 9 heteroatoms. The van der Waals surface area contributed by atoms with E-state index in [0.29, 0.717) is 11.9 Å². The lowest BCUT2D eigenvalue weighted by Crippen LogP contribution is -2.56. The Morgan fingerprint density at radius 2 is 2.09 bits per heavy atom. The molecule has 0 saturated carbocycles. The number of hydrogen-bond acceptors (Lipinski definition) is 7. The lowest BCUT2D eigenvalue weighted by atomic mass is 10.0. The monoisotopic (exact) mass is 334 g/mol. The number of carbonyl (C=O) groups is 3. The van der Waals surface area contributed by atoms with E-state index in [9.17, 15) is 19.3 Å². The number of ether oxygens (including phenoxy) is 1. The largest absolute Gasteiger partial charge is 0.464 e. The molecule has 0 radical (unpaired) electrons. The number of nitroso groups, excluding NO2 is 1. The molecule has 0 aromatic heterocycles. The van der Waals surface area contributed by atoms with Gasteiger partial charge in [0.15, 0.2) is 0 Å². The van der Waals surface area contributed by atoms with Crippen LogP contribution in [0.4, 0.5) is 0 Å². The van der Waals surface area contributed by atoms with Crippen LogP contribution in [0.3, 0.4) is 0 Å². The summed E-state index contributed by atoms with van der Waals surface area (Å²) in [6.07, 6.45) is 1.61. The van der Waals surface area contributed by atoms with Crippen molar-refractivity contribution >= 4 is 29.7 Å². The molecule has 0 heterocycles. The Morgan fingerprint density at radius 3 is 2.64 bits per heavy atom. The van der Waals surface area contributed by atoms with Crippen molar-refractivity contribution in [2.45, 2.75) is 51.3 Å². The van der Waals surface area contributed by atoms with Gasteiger partial charge in [0.05, 0.1) is 11.4 Å². The third-order valence-electron chi connectivity index (χ3n) is 2.70. The Hall–Kier alpha value is -1.64. The summed E-state index contributed by atoms with van der Waals surface area (Å²) in [6, 6.07) is -1.12. The molecule has 0 bridgehead atoms. The highest BCUT2D eigenvalue weighted by atomic mass is 32.2. The lowest BCUT2D eigenvalue weighted by molar-refractivity contribution is -0.144. The van der Waals surface area contributed by atoms with Gasteiger partial charge in [0, 0.05) is 24.8 Å². The topological polar surface area (TPSA) is 114 Å². The van der Waals surface area contributed by atoms with Gasteiger partial charge < -0.3 is 15.4 Å². The molecule has 0 aromatic carbocycles. The van der Waals surface area contributed by atoms with Crippen LogP contribution in [0.2, 0.25) is 0 Å². The van der Waals surface area contributed by atoms with Gasteiger partial charge in [0.25, 0.3) is 0 Å². The van der Waals surface area contributed by atoms with E-state index in [1.54, 1.807) is 13.8 Å². The average Bonchev–Trinajstić information content (AvgIpc) is 2.50. The minimum absolute atomic E-state index is 0.278. The van der Waals surface area contributed by atoms with Crippen molar-refractivity contribution in [2.75, 3.05) is 13.2 Å². The van der Waals surface area contributed by atoms with Gasteiger partial charge in [-0.1, -0.05) is 13.3 Å². The highest BCUT2D eigenvalue weighted by molar-refractivity contribution is 7.99. The highest BCUT2D eigenvalue weighted by Crippen LogP contribution is 2.29. The first-order valence-electron chi connectivity index (χ1n) is 7.52. The third-order valence-corrected chi connectivity index (χ3v) is 3.48. The smallest absolute Gasteiger partial charge is 0.325 e. The summed E-state index contributed by atoms with van der Waals surface area (Å²) in [5.41, 5.74) is 0. The van der Waals surface area contributed by atoms with Gasteiger partial charge in [-0.05, 0) is 20.3 Å². The minimum Gasteiger partial charge on any atom is -0.464 e. The molecule has 8 nitrogen and oxygen atoms in total. The van der Waals surface area contributed by atoms with Crippen LogP contribution < -0.4 is 10.6 Å². The van der Waals surface area contributed by atoms with Gasteiger partial charge in [0.1, 0.15) is 12.6 Å². The molecular formula is C13H23N3O5S. The Balaban J connectivity index is 4.70. The molecule has 0 aromatic rings. The number of amides is 2. The molecule has 0 rings (SSSR count). The molecule has 126 valence electrons. The summed E-state index contributed by atoms with van der Waals surface area (Å²) in [7, 11) is 0. The molecular weight excluding hydrogens is 310 g/mol. The van der Waals surface area contributed by atoms with Crippen molar-refractivity contribution in [3.8, 4) is 0 Å². The molecule has 0 aliphatic carbocycles. The fraction of sp³-hybridized carbons (Fsp3) is 0.769. The van der Waals surface area contributed by atoms with Crippen molar-refractivity contribution in [2.24, 2.45) is 4.58 Å². The van der Waals surface area contributed by atoms with Crippen LogP contribution in [0.5, 0.6) is 0 Å². The normalized spacial score (nSPS) is 12.8. The number of nitrogens with zero attached hydrogens (tertiary/aromatic N) is 1. The van der Waals surface area contributed by atoms with Crippen molar-refractivity contribution in [1.29, 1.82) is 0 Å². The van der Waals surface area contributed by atoms with E-state index in [1.807, 2.05) is 6.92 Å². The van der Waals surface area contributed by atoms with Gasteiger partial charge in [-0.3, -0.25) is 14.4 Å². The number of carbonyl (C=O) groups excluding carboxylic acids is 3. The Labute approximate surface area is 135 Å². The molecule has 0 spiro atoms. The summed E-state index contributed by atoms with van der Waals surface area (Å²) < 4.78 is 13.6. The van der Waals surface area contributed by atoms with E-state index in [1.165, 1.54) is 0 Å².